The molecule has 0 spiro atoms. The van der Waals surface area contributed by atoms with Crippen molar-refractivity contribution >= 4 is 23.5 Å². The van der Waals surface area contributed by atoms with E-state index in [-0.39, 0.29) is 12.0 Å². The van der Waals surface area contributed by atoms with Crippen LogP contribution in [0.4, 0.5) is 0 Å². The summed E-state index contributed by atoms with van der Waals surface area (Å²) in [6, 6.07) is 4.15. The van der Waals surface area contributed by atoms with E-state index in [1.165, 1.54) is 12.8 Å². The number of aliphatic imine (C=N–C) groups is 1. The maximum atomic E-state index is 12.7. The molecule has 1 aromatic rings. The minimum Gasteiger partial charge on any atom is -0.486 e. The van der Waals surface area contributed by atoms with Gasteiger partial charge in [-0.25, -0.2) is 0 Å². The number of benzene rings is 1. The Bertz CT molecular complexity index is 810. The van der Waals surface area contributed by atoms with Crippen molar-refractivity contribution in [2.45, 2.75) is 51.5 Å². The van der Waals surface area contributed by atoms with E-state index in [9.17, 15) is 4.79 Å². The summed E-state index contributed by atoms with van der Waals surface area (Å²) in [6.45, 7) is 6.14. The topological polar surface area (TPSA) is 75.2 Å². The van der Waals surface area contributed by atoms with Crippen LogP contribution >= 0.6 is 11.6 Å². The molecule has 1 saturated heterocycles. The van der Waals surface area contributed by atoms with E-state index in [1.807, 2.05) is 17.0 Å². The van der Waals surface area contributed by atoms with Gasteiger partial charge in [-0.1, -0.05) is 24.4 Å². The van der Waals surface area contributed by atoms with Crippen LogP contribution in [0.1, 0.15) is 44.6 Å². The summed E-state index contributed by atoms with van der Waals surface area (Å²) in [6.07, 6.45) is 6.21. The molecule has 7 nitrogen and oxygen atoms in total. The van der Waals surface area contributed by atoms with Gasteiger partial charge in [-0.2, -0.15) is 0 Å². The lowest BCUT2D eigenvalue weighted by Crippen LogP contribution is -2.45. The van der Waals surface area contributed by atoms with Gasteiger partial charge in [0.2, 0.25) is 5.91 Å². The molecule has 0 bridgehead atoms. The number of fused-ring (bicyclic) bond motifs is 1. The Balaban J connectivity index is 1.30. The van der Waals surface area contributed by atoms with Gasteiger partial charge in [0.15, 0.2) is 17.5 Å². The molecular formula is C23H33ClN4O3. The van der Waals surface area contributed by atoms with Crippen molar-refractivity contribution in [2.24, 2.45) is 10.9 Å². The van der Waals surface area contributed by atoms with E-state index in [0.717, 1.165) is 56.8 Å². The average molecular weight is 449 g/mol. The first-order valence-corrected chi connectivity index (χ1v) is 11.9. The Morgan fingerprint density at radius 1 is 1.23 bits per heavy atom. The van der Waals surface area contributed by atoms with Crippen LogP contribution in [0.5, 0.6) is 11.5 Å². The maximum Gasteiger partial charge on any atom is 0.225 e. The van der Waals surface area contributed by atoms with Crippen molar-refractivity contribution in [3.8, 4) is 11.5 Å². The molecule has 2 heterocycles. The van der Waals surface area contributed by atoms with Gasteiger partial charge >= 0.3 is 0 Å². The first kappa shape index (κ1) is 22.1. The molecule has 1 aromatic carbocycles. The Morgan fingerprint density at radius 3 is 2.84 bits per heavy atom. The molecule has 1 saturated carbocycles. The highest BCUT2D eigenvalue weighted by atomic mass is 35.5. The summed E-state index contributed by atoms with van der Waals surface area (Å²) in [5, 5.41) is 7.42. The molecule has 3 aliphatic rings. The van der Waals surface area contributed by atoms with Crippen LogP contribution in [0, 0.1) is 5.92 Å². The maximum absolute atomic E-state index is 12.7. The Morgan fingerprint density at radius 2 is 2.03 bits per heavy atom. The molecule has 4 rings (SSSR count). The Hall–Kier alpha value is -2.15. The molecule has 1 unspecified atom stereocenters. The normalized spacial score (nSPS) is 21.4. The first-order chi connectivity index (χ1) is 15.1. The minimum absolute atomic E-state index is 0.242. The third-order valence-corrected chi connectivity index (χ3v) is 6.50. The molecule has 1 amide bonds. The predicted molar refractivity (Wildman–Crippen MR) is 122 cm³/mol. The van der Waals surface area contributed by atoms with Crippen LogP contribution in [-0.4, -0.2) is 62.2 Å². The van der Waals surface area contributed by atoms with Crippen LogP contribution in [0.15, 0.2) is 17.1 Å². The number of nitrogens with zero attached hydrogens (tertiary/aromatic N) is 2. The van der Waals surface area contributed by atoms with Crippen molar-refractivity contribution < 1.29 is 14.3 Å². The number of nitrogens with one attached hydrogen (secondary N) is 2. The summed E-state index contributed by atoms with van der Waals surface area (Å²) >= 11 is 6.34. The van der Waals surface area contributed by atoms with Gasteiger partial charge in [0.05, 0.1) is 5.02 Å². The summed E-state index contributed by atoms with van der Waals surface area (Å²) < 4.78 is 11.2. The number of halogens is 1. The third kappa shape index (κ3) is 5.56. The highest BCUT2D eigenvalue weighted by Crippen LogP contribution is 2.38. The largest absolute Gasteiger partial charge is 0.486 e. The standard InChI is InChI=1S/C23H33ClN4O3/c1-2-25-23(27-18-8-10-28(15-18)22(29)17-5-3-4-6-17)26-9-7-16-13-19(24)21-20(14-16)30-11-12-31-21/h13-14,17-18H,2-12,15H2,1H3,(H2,25,26,27). The number of rotatable bonds is 6. The molecule has 31 heavy (non-hydrogen) atoms. The van der Waals surface area contributed by atoms with E-state index in [0.29, 0.717) is 42.2 Å². The number of carbonyl (C=O) groups is 1. The van der Waals surface area contributed by atoms with Gasteiger partial charge in [-0.05, 0) is 50.3 Å². The fourth-order valence-corrected chi connectivity index (χ4v) is 4.92. The van der Waals surface area contributed by atoms with E-state index in [4.69, 9.17) is 26.1 Å². The lowest BCUT2D eigenvalue weighted by Gasteiger charge is -2.21. The summed E-state index contributed by atoms with van der Waals surface area (Å²) in [5.41, 5.74) is 1.07. The van der Waals surface area contributed by atoms with Crippen molar-refractivity contribution in [1.82, 2.24) is 15.5 Å². The van der Waals surface area contributed by atoms with Crippen molar-refractivity contribution in [3.05, 3.63) is 22.7 Å². The van der Waals surface area contributed by atoms with E-state index in [1.54, 1.807) is 0 Å². The SMILES string of the molecule is CCNC(=NCCc1cc(Cl)c2c(c1)OCCO2)NC1CCN(C(=O)C2CCCC2)C1. The van der Waals surface area contributed by atoms with Gasteiger partial charge in [-0.15, -0.1) is 0 Å². The highest BCUT2D eigenvalue weighted by molar-refractivity contribution is 6.32. The molecule has 8 heteroatoms. The molecule has 1 atom stereocenters. The quantitative estimate of drug-likeness (QED) is 0.517. The zero-order chi connectivity index (χ0) is 21.6. The third-order valence-electron chi connectivity index (χ3n) is 6.22. The fraction of sp³-hybridized carbons (Fsp3) is 0.652. The van der Waals surface area contributed by atoms with Crippen molar-refractivity contribution in [3.63, 3.8) is 0 Å². The molecule has 2 N–H and O–H groups in total. The van der Waals surface area contributed by atoms with Crippen molar-refractivity contribution in [1.29, 1.82) is 0 Å². The van der Waals surface area contributed by atoms with E-state index in [2.05, 4.69) is 17.6 Å². The molecule has 2 fully saturated rings. The van der Waals surface area contributed by atoms with Gasteiger partial charge in [0, 0.05) is 38.1 Å². The van der Waals surface area contributed by atoms with Crippen LogP contribution < -0.4 is 20.1 Å². The van der Waals surface area contributed by atoms with Gasteiger partial charge < -0.3 is 25.0 Å². The second-order valence-electron chi connectivity index (χ2n) is 8.51. The smallest absolute Gasteiger partial charge is 0.225 e. The van der Waals surface area contributed by atoms with E-state index >= 15 is 0 Å². The molecule has 0 aromatic heterocycles. The van der Waals surface area contributed by atoms with Crippen molar-refractivity contribution in [2.75, 3.05) is 39.4 Å². The molecule has 1 aliphatic carbocycles. The number of likely N-dealkylation sites (tertiary alicyclic amines) is 1. The Kier molecular flexibility index (Phi) is 7.43. The molecule has 170 valence electrons. The lowest BCUT2D eigenvalue weighted by atomic mass is 10.1. The summed E-state index contributed by atoms with van der Waals surface area (Å²) in [5.74, 6) is 2.73. The number of ether oxygens (including phenoxy) is 2. The van der Waals surface area contributed by atoms with Crippen LogP contribution in [0.2, 0.25) is 5.02 Å². The first-order valence-electron chi connectivity index (χ1n) is 11.6. The summed E-state index contributed by atoms with van der Waals surface area (Å²) in [7, 11) is 0. The second-order valence-corrected chi connectivity index (χ2v) is 8.92. The molecular weight excluding hydrogens is 416 g/mol. The zero-order valence-corrected chi connectivity index (χ0v) is 19.0. The molecule has 0 radical (unpaired) electrons. The summed E-state index contributed by atoms with van der Waals surface area (Å²) in [4.78, 5) is 19.5. The number of hydrogen-bond acceptors (Lipinski definition) is 4. The van der Waals surface area contributed by atoms with Gasteiger partial charge in [0.25, 0.3) is 0 Å². The minimum atomic E-state index is 0.242. The number of guanidine groups is 1. The predicted octanol–water partition coefficient (Wildman–Crippen LogP) is 3.00. The Labute approximate surface area is 189 Å². The van der Waals surface area contributed by atoms with Crippen LogP contribution in [0.25, 0.3) is 0 Å². The average Bonchev–Trinajstić information content (AvgIpc) is 3.46. The van der Waals surface area contributed by atoms with Gasteiger partial charge in [0.1, 0.15) is 13.2 Å². The van der Waals surface area contributed by atoms with Gasteiger partial charge in [-0.3, -0.25) is 9.79 Å². The zero-order valence-electron chi connectivity index (χ0n) is 18.3. The number of hydrogen-bond donors (Lipinski definition) is 2. The molecule has 2 aliphatic heterocycles. The number of amides is 1. The second kappa shape index (κ2) is 10.4. The van der Waals surface area contributed by atoms with Crippen LogP contribution in [0.3, 0.4) is 0 Å². The van der Waals surface area contributed by atoms with Crippen LogP contribution in [-0.2, 0) is 11.2 Å². The fourth-order valence-electron chi connectivity index (χ4n) is 4.63. The van der Waals surface area contributed by atoms with E-state index < -0.39 is 0 Å². The monoisotopic (exact) mass is 448 g/mol. The number of carbonyl (C=O) groups excluding carboxylic acids is 1. The lowest BCUT2D eigenvalue weighted by molar-refractivity contribution is -0.134. The highest BCUT2D eigenvalue weighted by Gasteiger charge is 2.32.